The lowest BCUT2D eigenvalue weighted by atomic mass is 9.99. The molecule has 0 atom stereocenters. The van der Waals surface area contributed by atoms with E-state index < -0.39 is 0 Å². The molecule has 1 aliphatic rings. The summed E-state index contributed by atoms with van der Waals surface area (Å²) in [6.07, 6.45) is 3.74. The van der Waals surface area contributed by atoms with Crippen molar-refractivity contribution in [3.05, 3.63) is 45.6 Å². The number of thiocarbonyl (C=S) groups is 1. The number of hydrogen-bond acceptors (Lipinski definition) is 4. The molecule has 4 nitrogen and oxygen atoms in total. The highest BCUT2D eigenvalue weighted by Crippen LogP contribution is 2.27. The number of benzene rings is 1. The second-order valence-corrected chi connectivity index (χ2v) is 9.48. The van der Waals surface area contributed by atoms with E-state index in [2.05, 4.69) is 39.6 Å². The van der Waals surface area contributed by atoms with Gasteiger partial charge in [0.1, 0.15) is 5.75 Å². The third kappa shape index (κ3) is 6.85. The van der Waals surface area contributed by atoms with Gasteiger partial charge in [0.15, 0.2) is 5.11 Å². The highest BCUT2D eigenvalue weighted by atomic mass is 35.5. The van der Waals surface area contributed by atoms with Gasteiger partial charge in [0.25, 0.3) is 0 Å². The first-order valence-corrected chi connectivity index (χ1v) is 11.9. The molecule has 0 amide bonds. The first-order chi connectivity index (χ1) is 14.0. The third-order valence-corrected chi connectivity index (χ3v) is 6.91. The van der Waals surface area contributed by atoms with Gasteiger partial charge in [-0.2, -0.15) is 0 Å². The highest BCUT2D eigenvalue weighted by Gasteiger charge is 2.17. The summed E-state index contributed by atoms with van der Waals surface area (Å²) in [5.74, 6) is 1.53. The van der Waals surface area contributed by atoms with Crippen molar-refractivity contribution in [2.45, 2.75) is 32.7 Å². The maximum atomic E-state index is 6.26. The predicted octanol–water partition coefficient (Wildman–Crippen LogP) is 5.73. The molecule has 0 radical (unpaired) electrons. The molecule has 29 heavy (non-hydrogen) atoms. The van der Waals surface area contributed by atoms with E-state index in [1.54, 1.807) is 18.4 Å². The van der Waals surface area contributed by atoms with Crippen LogP contribution < -0.4 is 10.1 Å². The van der Waals surface area contributed by atoms with Gasteiger partial charge < -0.3 is 19.9 Å². The number of nitrogens with one attached hydrogen (secondary N) is 1. The Morgan fingerprint density at radius 3 is 2.79 bits per heavy atom. The lowest BCUT2D eigenvalue weighted by Gasteiger charge is -2.31. The normalized spacial score (nSPS) is 15.3. The summed E-state index contributed by atoms with van der Waals surface area (Å²) in [6, 6.07) is 9.90. The van der Waals surface area contributed by atoms with E-state index in [0.29, 0.717) is 10.8 Å². The molecule has 3 rings (SSSR count). The van der Waals surface area contributed by atoms with Gasteiger partial charge >= 0.3 is 0 Å². The van der Waals surface area contributed by atoms with Crippen molar-refractivity contribution in [2.24, 2.45) is 5.92 Å². The quantitative estimate of drug-likeness (QED) is 0.517. The number of rotatable bonds is 8. The zero-order chi connectivity index (χ0) is 20.6. The molecule has 1 fully saturated rings. The standard InChI is InChI=1S/C22H30ClN3OS2/c1-17-8-12-25(13-9-17)10-4-11-26(16-19-5-3-14-29-19)22(28)24-18-6-7-21(27-2)20(23)15-18/h3,5-7,14-15,17H,4,8-13,16H2,1-2H3,(H,24,28). The van der Waals surface area contributed by atoms with E-state index in [1.807, 2.05) is 18.2 Å². The van der Waals surface area contributed by atoms with Crippen LogP contribution in [0.15, 0.2) is 35.7 Å². The van der Waals surface area contributed by atoms with Crippen LogP contribution in [0.5, 0.6) is 5.75 Å². The molecular formula is C22H30ClN3OS2. The molecule has 0 unspecified atom stereocenters. The molecule has 0 bridgehead atoms. The van der Waals surface area contributed by atoms with Gasteiger partial charge in [0, 0.05) is 17.1 Å². The molecule has 1 aliphatic heterocycles. The average molecular weight is 452 g/mol. The topological polar surface area (TPSA) is 27.7 Å². The van der Waals surface area contributed by atoms with Crippen molar-refractivity contribution in [2.75, 3.05) is 38.6 Å². The van der Waals surface area contributed by atoms with E-state index >= 15 is 0 Å². The number of methoxy groups -OCH3 is 1. The molecule has 1 aromatic heterocycles. The number of hydrogen-bond donors (Lipinski definition) is 1. The number of nitrogens with zero attached hydrogens (tertiary/aromatic N) is 2. The monoisotopic (exact) mass is 451 g/mol. The second-order valence-electron chi connectivity index (χ2n) is 7.66. The molecule has 158 valence electrons. The Morgan fingerprint density at radius 2 is 2.14 bits per heavy atom. The van der Waals surface area contributed by atoms with Crippen LogP contribution in [0.3, 0.4) is 0 Å². The summed E-state index contributed by atoms with van der Waals surface area (Å²) in [5, 5.41) is 6.76. The summed E-state index contributed by atoms with van der Waals surface area (Å²) < 4.78 is 5.23. The van der Waals surface area contributed by atoms with E-state index in [4.69, 9.17) is 28.6 Å². The lowest BCUT2D eigenvalue weighted by molar-refractivity contribution is 0.186. The van der Waals surface area contributed by atoms with E-state index in [-0.39, 0.29) is 0 Å². The van der Waals surface area contributed by atoms with Gasteiger partial charge in [-0.3, -0.25) is 0 Å². The molecule has 0 spiro atoms. The maximum absolute atomic E-state index is 6.26. The highest BCUT2D eigenvalue weighted by molar-refractivity contribution is 7.80. The van der Waals surface area contributed by atoms with E-state index in [1.165, 1.54) is 30.8 Å². The SMILES string of the molecule is COc1ccc(NC(=S)N(CCCN2CCC(C)CC2)Cc2cccs2)cc1Cl. The Bertz CT molecular complexity index is 776. The maximum Gasteiger partial charge on any atom is 0.173 e. The number of halogens is 1. The summed E-state index contributed by atoms with van der Waals surface area (Å²) in [5.41, 5.74) is 0.877. The molecule has 2 heterocycles. The Hall–Kier alpha value is -1.34. The fourth-order valence-corrected chi connectivity index (χ4v) is 4.81. The van der Waals surface area contributed by atoms with Crippen LogP contribution in [0.2, 0.25) is 5.02 Å². The first-order valence-electron chi connectivity index (χ1n) is 10.2. The van der Waals surface area contributed by atoms with E-state index in [0.717, 1.165) is 42.8 Å². The molecule has 1 aromatic carbocycles. The minimum absolute atomic E-state index is 0.574. The Morgan fingerprint density at radius 1 is 1.34 bits per heavy atom. The van der Waals surface area contributed by atoms with Crippen molar-refractivity contribution in [3.8, 4) is 5.75 Å². The minimum Gasteiger partial charge on any atom is -0.495 e. The lowest BCUT2D eigenvalue weighted by Crippen LogP contribution is -2.38. The molecule has 1 saturated heterocycles. The zero-order valence-electron chi connectivity index (χ0n) is 17.2. The van der Waals surface area contributed by atoms with Crippen LogP contribution in [0.25, 0.3) is 0 Å². The molecule has 0 aliphatic carbocycles. The first kappa shape index (κ1) is 22.3. The van der Waals surface area contributed by atoms with Crippen molar-refractivity contribution in [1.82, 2.24) is 9.80 Å². The Balaban J connectivity index is 1.58. The number of piperidine rings is 1. The average Bonchev–Trinajstić information content (AvgIpc) is 3.22. The fourth-order valence-electron chi connectivity index (χ4n) is 3.56. The van der Waals surface area contributed by atoms with Gasteiger partial charge in [-0.15, -0.1) is 11.3 Å². The number of likely N-dealkylation sites (tertiary alicyclic amines) is 1. The van der Waals surface area contributed by atoms with Crippen LogP contribution >= 0.6 is 35.2 Å². The molecule has 7 heteroatoms. The smallest absolute Gasteiger partial charge is 0.173 e. The summed E-state index contributed by atoms with van der Waals surface area (Å²) >= 11 is 13.8. The molecule has 1 N–H and O–H groups in total. The van der Waals surface area contributed by atoms with Crippen LogP contribution in [0.4, 0.5) is 5.69 Å². The summed E-state index contributed by atoms with van der Waals surface area (Å²) in [6.45, 7) is 7.68. The summed E-state index contributed by atoms with van der Waals surface area (Å²) in [4.78, 5) is 6.16. The van der Waals surface area contributed by atoms with Crippen molar-refractivity contribution >= 4 is 46.0 Å². The Kier molecular flexibility index (Phi) is 8.60. The predicted molar refractivity (Wildman–Crippen MR) is 128 cm³/mol. The molecule has 0 saturated carbocycles. The number of anilines is 1. The fraction of sp³-hybridized carbons (Fsp3) is 0.500. The summed E-state index contributed by atoms with van der Waals surface area (Å²) in [7, 11) is 1.62. The van der Waals surface area contributed by atoms with Crippen LogP contribution in [-0.4, -0.2) is 48.2 Å². The minimum atomic E-state index is 0.574. The van der Waals surface area contributed by atoms with Crippen molar-refractivity contribution in [1.29, 1.82) is 0 Å². The zero-order valence-corrected chi connectivity index (χ0v) is 19.6. The third-order valence-electron chi connectivity index (χ3n) is 5.40. The molecule has 2 aromatic rings. The van der Waals surface area contributed by atoms with Gasteiger partial charge in [-0.1, -0.05) is 24.6 Å². The Labute approximate surface area is 188 Å². The van der Waals surface area contributed by atoms with Crippen molar-refractivity contribution < 1.29 is 4.74 Å². The van der Waals surface area contributed by atoms with Gasteiger partial charge in [0.2, 0.25) is 0 Å². The van der Waals surface area contributed by atoms with E-state index in [9.17, 15) is 0 Å². The second kappa shape index (κ2) is 11.2. The number of ether oxygens (including phenoxy) is 1. The van der Waals surface area contributed by atoms with Crippen LogP contribution in [-0.2, 0) is 6.54 Å². The van der Waals surface area contributed by atoms with Crippen LogP contribution in [0, 0.1) is 5.92 Å². The molecular weight excluding hydrogens is 422 g/mol. The van der Waals surface area contributed by atoms with Gasteiger partial charge in [-0.25, -0.2) is 0 Å². The number of thiophene rings is 1. The van der Waals surface area contributed by atoms with Gasteiger partial charge in [0.05, 0.1) is 18.7 Å². The van der Waals surface area contributed by atoms with Crippen LogP contribution in [0.1, 0.15) is 31.1 Å². The largest absolute Gasteiger partial charge is 0.495 e. The van der Waals surface area contributed by atoms with Crippen molar-refractivity contribution in [3.63, 3.8) is 0 Å². The van der Waals surface area contributed by atoms with Gasteiger partial charge in [-0.05, 0) is 86.7 Å².